The second-order valence-corrected chi connectivity index (χ2v) is 5.78. The quantitative estimate of drug-likeness (QED) is 0.823. The third-order valence-corrected chi connectivity index (χ3v) is 3.50. The van der Waals surface area contributed by atoms with Gasteiger partial charge in [0.1, 0.15) is 5.75 Å². The Morgan fingerprint density at radius 1 is 1.00 bits per heavy atom. The summed E-state index contributed by atoms with van der Waals surface area (Å²) in [5.74, 6) is -0.471. The highest BCUT2D eigenvalue weighted by atomic mass is 16.5. The maximum absolute atomic E-state index is 11.1. The van der Waals surface area contributed by atoms with Crippen LogP contribution in [0.2, 0.25) is 0 Å². The molecule has 2 aromatic rings. The largest absolute Gasteiger partial charge is 0.550 e. The topological polar surface area (TPSA) is 49.4 Å². The first kappa shape index (κ1) is 16.1. The van der Waals surface area contributed by atoms with Crippen molar-refractivity contribution >= 4 is 5.97 Å². The molecule has 0 aliphatic heterocycles. The Labute approximate surface area is 131 Å². The zero-order valence-corrected chi connectivity index (χ0v) is 13.2. The van der Waals surface area contributed by atoms with Crippen molar-refractivity contribution in [2.24, 2.45) is 0 Å². The highest BCUT2D eigenvalue weighted by Crippen LogP contribution is 2.29. The molecule has 0 radical (unpaired) electrons. The molecule has 0 aliphatic rings. The molecule has 0 aliphatic carbocycles. The molecule has 3 nitrogen and oxygen atoms in total. The number of ether oxygens (including phenoxy) is 1. The van der Waals surface area contributed by atoms with Crippen LogP contribution in [0.3, 0.4) is 0 Å². The molecular formula is C19H21O3-. The van der Waals surface area contributed by atoms with Crippen molar-refractivity contribution in [3.05, 3.63) is 65.2 Å². The lowest BCUT2D eigenvalue weighted by molar-refractivity contribution is -0.305. The number of carbonyl (C=O) groups is 1. The van der Waals surface area contributed by atoms with Gasteiger partial charge >= 0.3 is 0 Å². The normalized spacial score (nSPS) is 12.2. The van der Waals surface area contributed by atoms with Gasteiger partial charge in [-0.25, -0.2) is 0 Å². The van der Waals surface area contributed by atoms with Crippen molar-refractivity contribution in [2.75, 3.05) is 0 Å². The lowest BCUT2D eigenvalue weighted by atomic mass is 9.88. The molecule has 0 bridgehead atoms. The van der Waals surface area contributed by atoms with E-state index in [1.807, 2.05) is 69.3 Å². The zero-order valence-electron chi connectivity index (χ0n) is 13.2. The molecule has 116 valence electrons. The van der Waals surface area contributed by atoms with E-state index in [4.69, 9.17) is 4.74 Å². The van der Waals surface area contributed by atoms with Crippen LogP contribution in [0.4, 0.5) is 0 Å². The molecule has 0 heterocycles. The Bertz CT molecular complexity index is 612. The van der Waals surface area contributed by atoms with Crippen LogP contribution in [-0.4, -0.2) is 12.1 Å². The van der Waals surface area contributed by atoms with Gasteiger partial charge in [-0.1, -0.05) is 42.0 Å². The molecule has 22 heavy (non-hydrogen) atoms. The van der Waals surface area contributed by atoms with Crippen LogP contribution in [-0.2, 0) is 4.79 Å². The minimum absolute atomic E-state index is 0.0343. The minimum atomic E-state index is -1.05. The molecule has 2 rings (SSSR count). The number of hydrogen-bond acceptors (Lipinski definition) is 3. The van der Waals surface area contributed by atoms with Gasteiger partial charge in [0.05, 0.1) is 6.10 Å². The number of hydrogen-bond donors (Lipinski definition) is 0. The average Bonchev–Trinajstić information content (AvgIpc) is 2.46. The lowest BCUT2D eigenvalue weighted by Crippen LogP contribution is -2.24. The van der Waals surface area contributed by atoms with E-state index >= 15 is 0 Å². The van der Waals surface area contributed by atoms with Gasteiger partial charge in [-0.05, 0) is 50.5 Å². The summed E-state index contributed by atoms with van der Waals surface area (Å²) in [5.41, 5.74) is 3.08. The Hall–Kier alpha value is -2.29. The molecule has 0 spiro atoms. The summed E-state index contributed by atoms with van der Waals surface area (Å²) < 4.78 is 5.62. The van der Waals surface area contributed by atoms with Gasteiger partial charge < -0.3 is 14.6 Å². The molecule has 1 atom stereocenters. The van der Waals surface area contributed by atoms with Gasteiger partial charge in [-0.2, -0.15) is 0 Å². The van der Waals surface area contributed by atoms with E-state index in [9.17, 15) is 9.90 Å². The van der Waals surface area contributed by atoms with E-state index in [2.05, 4.69) is 0 Å². The maximum Gasteiger partial charge on any atom is 0.119 e. The van der Waals surface area contributed by atoms with Gasteiger partial charge in [0.2, 0.25) is 0 Å². The van der Waals surface area contributed by atoms with E-state index in [-0.39, 0.29) is 18.4 Å². The smallest absolute Gasteiger partial charge is 0.119 e. The Morgan fingerprint density at radius 3 is 1.95 bits per heavy atom. The van der Waals surface area contributed by atoms with Crippen LogP contribution in [0.5, 0.6) is 5.75 Å². The number of rotatable bonds is 6. The van der Waals surface area contributed by atoms with E-state index in [1.54, 1.807) is 0 Å². The molecule has 0 aromatic heterocycles. The SMILES string of the molecule is Cc1ccc([C@H](CC(=O)[O-])c2ccc(OC(C)C)cc2)cc1. The summed E-state index contributed by atoms with van der Waals surface area (Å²) in [6, 6.07) is 15.5. The van der Waals surface area contributed by atoms with E-state index in [1.165, 1.54) is 0 Å². The van der Waals surface area contributed by atoms with Crippen LogP contribution in [0.25, 0.3) is 0 Å². The number of aliphatic carboxylic acids is 1. The van der Waals surface area contributed by atoms with E-state index in [0.717, 1.165) is 22.4 Å². The van der Waals surface area contributed by atoms with Crippen molar-refractivity contribution in [1.29, 1.82) is 0 Å². The summed E-state index contributed by atoms with van der Waals surface area (Å²) in [4.78, 5) is 11.1. The van der Waals surface area contributed by atoms with Crippen LogP contribution >= 0.6 is 0 Å². The number of benzene rings is 2. The monoisotopic (exact) mass is 297 g/mol. The zero-order chi connectivity index (χ0) is 16.1. The van der Waals surface area contributed by atoms with Crippen molar-refractivity contribution in [3.63, 3.8) is 0 Å². The maximum atomic E-state index is 11.1. The standard InChI is InChI=1S/C19H22O3/c1-13(2)22-17-10-8-16(9-11-17)18(12-19(20)21)15-6-4-14(3)5-7-15/h4-11,13,18H,12H2,1-3H3,(H,20,21)/p-1/t18-/m0/s1. The molecule has 0 saturated carbocycles. The van der Waals surface area contributed by atoms with Gasteiger partial charge in [-0.15, -0.1) is 0 Å². The third-order valence-electron chi connectivity index (χ3n) is 3.50. The molecule has 0 saturated heterocycles. The summed E-state index contributed by atoms with van der Waals surface area (Å²) in [7, 11) is 0. The average molecular weight is 297 g/mol. The van der Waals surface area contributed by atoms with Crippen LogP contribution in [0.1, 0.15) is 42.9 Å². The van der Waals surface area contributed by atoms with Gasteiger partial charge in [0.15, 0.2) is 0 Å². The Morgan fingerprint density at radius 2 is 1.50 bits per heavy atom. The fraction of sp³-hybridized carbons (Fsp3) is 0.316. The molecule has 0 N–H and O–H groups in total. The highest BCUT2D eigenvalue weighted by molar-refractivity contribution is 5.67. The first-order valence-corrected chi connectivity index (χ1v) is 7.48. The number of carboxylic acid groups (broad SMARTS) is 1. The molecule has 0 amide bonds. The Kier molecular flexibility index (Phi) is 5.21. The molecule has 0 fully saturated rings. The molecule has 0 unspecified atom stereocenters. The predicted octanol–water partition coefficient (Wildman–Crippen LogP) is 3.05. The highest BCUT2D eigenvalue weighted by Gasteiger charge is 2.15. The van der Waals surface area contributed by atoms with Gasteiger partial charge in [-0.3, -0.25) is 0 Å². The van der Waals surface area contributed by atoms with Crippen molar-refractivity contribution in [3.8, 4) is 5.75 Å². The predicted molar refractivity (Wildman–Crippen MR) is 84.9 cm³/mol. The van der Waals surface area contributed by atoms with E-state index < -0.39 is 5.97 Å². The fourth-order valence-corrected chi connectivity index (χ4v) is 2.44. The van der Waals surface area contributed by atoms with Crippen molar-refractivity contribution in [1.82, 2.24) is 0 Å². The summed E-state index contributed by atoms with van der Waals surface area (Å²) in [5, 5.41) is 11.1. The summed E-state index contributed by atoms with van der Waals surface area (Å²) >= 11 is 0. The second-order valence-electron chi connectivity index (χ2n) is 5.78. The van der Waals surface area contributed by atoms with Crippen LogP contribution in [0.15, 0.2) is 48.5 Å². The third kappa shape index (κ3) is 4.35. The number of aryl methyl sites for hydroxylation is 1. The summed E-state index contributed by atoms with van der Waals surface area (Å²) in [6.07, 6.45) is 0.0787. The van der Waals surface area contributed by atoms with Crippen molar-refractivity contribution < 1.29 is 14.6 Å². The number of carbonyl (C=O) groups excluding carboxylic acids is 1. The van der Waals surface area contributed by atoms with Gasteiger partial charge in [0, 0.05) is 11.9 Å². The van der Waals surface area contributed by atoms with Crippen LogP contribution < -0.4 is 9.84 Å². The number of carboxylic acids is 1. The minimum Gasteiger partial charge on any atom is -0.550 e. The lowest BCUT2D eigenvalue weighted by Gasteiger charge is -2.19. The molecule has 2 aromatic carbocycles. The first-order valence-electron chi connectivity index (χ1n) is 7.48. The van der Waals surface area contributed by atoms with Gasteiger partial charge in [0.25, 0.3) is 0 Å². The van der Waals surface area contributed by atoms with E-state index in [0.29, 0.717) is 0 Å². The van der Waals surface area contributed by atoms with Crippen molar-refractivity contribution in [2.45, 2.75) is 39.2 Å². The van der Waals surface area contributed by atoms with Crippen LogP contribution in [0, 0.1) is 6.92 Å². The summed E-state index contributed by atoms with van der Waals surface area (Å²) in [6.45, 7) is 5.95. The Balaban J connectivity index is 2.28. The first-order chi connectivity index (χ1) is 10.5. The fourth-order valence-electron chi connectivity index (χ4n) is 2.44. The second kappa shape index (κ2) is 7.12. The molecule has 3 heteroatoms. The molecular weight excluding hydrogens is 276 g/mol.